The summed E-state index contributed by atoms with van der Waals surface area (Å²) in [4.78, 5) is 38.2. The van der Waals surface area contributed by atoms with Crippen molar-refractivity contribution in [2.24, 2.45) is 0 Å². The zero-order valence-corrected chi connectivity index (χ0v) is 23.5. The van der Waals surface area contributed by atoms with Crippen LogP contribution in [0.5, 0.6) is 5.75 Å². The lowest BCUT2D eigenvalue weighted by Gasteiger charge is -2.23. The second-order valence-corrected chi connectivity index (χ2v) is 11.0. The maximum absolute atomic E-state index is 13.7. The van der Waals surface area contributed by atoms with Gasteiger partial charge < -0.3 is 14.2 Å². The molecule has 1 saturated heterocycles. The number of Topliss-reactive ketones (excluding diaryl/α,β-unsaturated/α-hetero) is 1. The van der Waals surface area contributed by atoms with Crippen LogP contribution in [-0.2, 0) is 9.59 Å². The van der Waals surface area contributed by atoms with E-state index < -0.39 is 17.7 Å². The van der Waals surface area contributed by atoms with Crippen LogP contribution in [0.3, 0.4) is 0 Å². The number of carbonyl (C=O) groups excluding carboxylic acids is 2. The highest BCUT2D eigenvalue weighted by atomic mass is 32.1. The van der Waals surface area contributed by atoms with Gasteiger partial charge in [-0.1, -0.05) is 42.5 Å². The number of thiazole rings is 1. The van der Waals surface area contributed by atoms with E-state index in [0.717, 1.165) is 27.8 Å². The molecule has 40 heavy (non-hydrogen) atoms. The molecule has 202 valence electrons. The summed E-state index contributed by atoms with van der Waals surface area (Å²) in [5, 5.41) is 12.1. The first-order chi connectivity index (χ1) is 19.3. The van der Waals surface area contributed by atoms with Crippen molar-refractivity contribution in [3.05, 3.63) is 94.4 Å². The number of ketones is 1. The molecule has 1 aliphatic rings. The maximum Gasteiger partial charge on any atom is 0.301 e. The van der Waals surface area contributed by atoms with E-state index in [0.29, 0.717) is 34.4 Å². The number of fused-ring (bicyclic) bond motifs is 2. The molecule has 0 aliphatic carbocycles. The van der Waals surface area contributed by atoms with E-state index in [1.807, 2.05) is 92.9 Å². The van der Waals surface area contributed by atoms with Crippen LogP contribution in [-0.4, -0.2) is 37.8 Å². The molecule has 1 unspecified atom stereocenters. The molecule has 1 amide bonds. The summed E-state index contributed by atoms with van der Waals surface area (Å²) < 4.78 is 8.64. The molecule has 0 bridgehead atoms. The zero-order chi connectivity index (χ0) is 28.1. The monoisotopic (exact) mass is 552 g/mol. The van der Waals surface area contributed by atoms with Crippen LogP contribution in [0.25, 0.3) is 21.6 Å². The summed E-state index contributed by atoms with van der Waals surface area (Å²) in [5.74, 6) is -1.24. The average molecular weight is 553 g/mol. The third-order valence-corrected chi connectivity index (χ3v) is 8.16. The number of rotatable bonds is 6. The molecule has 4 heterocycles. The molecule has 1 aliphatic heterocycles. The van der Waals surface area contributed by atoms with Crippen molar-refractivity contribution in [3.8, 4) is 5.75 Å². The summed E-state index contributed by atoms with van der Waals surface area (Å²) in [5.41, 5.74) is 4.92. The Morgan fingerprint density at radius 3 is 2.65 bits per heavy atom. The smallest absolute Gasteiger partial charge is 0.301 e. The second kappa shape index (κ2) is 9.91. The van der Waals surface area contributed by atoms with E-state index in [4.69, 9.17) is 9.72 Å². The van der Waals surface area contributed by atoms with Crippen molar-refractivity contribution in [1.29, 1.82) is 0 Å². The summed E-state index contributed by atoms with van der Waals surface area (Å²) in [6, 6.07) is 16.1. The molecule has 0 radical (unpaired) electrons. The van der Waals surface area contributed by atoms with Crippen LogP contribution in [0.4, 0.5) is 5.13 Å². The van der Waals surface area contributed by atoms with Gasteiger partial charge in [-0.25, -0.2) is 9.97 Å². The van der Waals surface area contributed by atoms with Crippen LogP contribution in [0, 0.1) is 20.8 Å². The van der Waals surface area contributed by atoms with Gasteiger partial charge in [-0.15, -0.1) is 0 Å². The zero-order valence-electron chi connectivity index (χ0n) is 22.6. The Labute approximate surface area is 235 Å². The quantitative estimate of drug-likeness (QED) is 0.151. The van der Waals surface area contributed by atoms with Gasteiger partial charge in [-0.05, 0) is 74.2 Å². The SMILES string of the molecule is CCCOc1cccc(C2C(=C(O)c3nc4c(C)cccn4c3C)C(=O)C(=O)N2c2nc3ccc(C)cc3s2)c1. The van der Waals surface area contributed by atoms with Gasteiger partial charge in [0.25, 0.3) is 5.78 Å². The third-order valence-electron chi connectivity index (χ3n) is 7.14. The number of aromatic nitrogens is 3. The van der Waals surface area contributed by atoms with Gasteiger partial charge >= 0.3 is 5.91 Å². The molecule has 3 aromatic heterocycles. The Morgan fingerprint density at radius 2 is 1.88 bits per heavy atom. The van der Waals surface area contributed by atoms with Crippen molar-refractivity contribution in [2.45, 2.75) is 40.2 Å². The fourth-order valence-electron chi connectivity index (χ4n) is 5.14. The number of ether oxygens (including phenoxy) is 1. The first-order valence-electron chi connectivity index (χ1n) is 13.1. The number of hydrogen-bond donors (Lipinski definition) is 1. The lowest BCUT2D eigenvalue weighted by atomic mass is 9.96. The van der Waals surface area contributed by atoms with Gasteiger partial charge in [-0.3, -0.25) is 14.5 Å². The van der Waals surface area contributed by atoms with Crippen molar-refractivity contribution >= 4 is 49.8 Å². The lowest BCUT2D eigenvalue weighted by Crippen LogP contribution is -2.29. The van der Waals surface area contributed by atoms with Gasteiger partial charge in [-0.2, -0.15) is 0 Å². The van der Waals surface area contributed by atoms with Gasteiger partial charge in [0.15, 0.2) is 10.9 Å². The highest BCUT2D eigenvalue weighted by Crippen LogP contribution is 2.45. The fraction of sp³-hybridized carbons (Fsp3) is 0.226. The number of benzene rings is 2. The van der Waals surface area contributed by atoms with Gasteiger partial charge in [0.05, 0.1) is 34.1 Å². The molecular formula is C31H28N4O4S. The number of imidazole rings is 1. The van der Waals surface area contributed by atoms with Crippen molar-refractivity contribution < 1.29 is 19.4 Å². The minimum Gasteiger partial charge on any atom is -0.505 e. The molecule has 9 heteroatoms. The molecule has 0 saturated carbocycles. The molecule has 2 aromatic carbocycles. The predicted octanol–water partition coefficient (Wildman–Crippen LogP) is 6.28. The van der Waals surface area contributed by atoms with Gasteiger partial charge in [0.2, 0.25) is 0 Å². The minimum atomic E-state index is -0.919. The van der Waals surface area contributed by atoms with Crippen LogP contribution >= 0.6 is 11.3 Å². The molecule has 6 rings (SSSR count). The summed E-state index contributed by atoms with van der Waals surface area (Å²) in [7, 11) is 0. The van der Waals surface area contributed by atoms with Crippen molar-refractivity contribution in [1.82, 2.24) is 14.4 Å². The summed E-state index contributed by atoms with van der Waals surface area (Å²) in [6.45, 7) is 8.30. The number of amides is 1. The van der Waals surface area contributed by atoms with Crippen LogP contribution in [0.2, 0.25) is 0 Å². The Bertz CT molecular complexity index is 1850. The maximum atomic E-state index is 13.7. The number of pyridine rings is 1. The Hall–Kier alpha value is -4.50. The number of hydrogen-bond acceptors (Lipinski definition) is 7. The van der Waals surface area contributed by atoms with Crippen molar-refractivity contribution in [3.63, 3.8) is 0 Å². The number of nitrogens with zero attached hydrogens (tertiary/aromatic N) is 4. The number of carbonyl (C=O) groups is 2. The Kier molecular flexibility index (Phi) is 6.38. The van der Waals surface area contributed by atoms with Crippen LogP contribution < -0.4 is 9.64 Å². The molecule has 1 atom stereocenters. The third kappa shape index (κ3) is 4.14. The highest BCUT2D eigenvalue weighted by Gasteiger charge is 2.48. The first kappa shape index (κ1) is 25.8. The molecule has 1 N–H and O–H groups in total. The average Bonchev–Trinajstić information content (AvgIpc) is 3.59. The highest BCUT2D eigenvalue weighted by molar-refractivity contribution is 7.22. The van der Waals surface area contributed by atoms with Crippen LogP contribution in [0.1, 0.15) is 47.5 Å². The Morgan fingerprint density at radius 1 is 1.05 bits per heavy atom. The molecule has 8 nitrogen and oxygen atoms in total. The fourth-order valence-corrected chi connectivity index (χ4v) is 6.23. The van der Waals surface area contributed by atoms with Crippen LogP contribution in [0.15, 0.2) is 66.4 Å². The number of aliphatic hydroxyl groups is 1. The second-order valence-electron chi connectivity index (χ2n) is 9.99. The molecule has 5 aromatic rings. The Balaban J connectivity index is 1.58. The van der Waals surface area contributed by atoms with E-state index in [1.165, 1.54) is 16.2 Å². The normalized spacial score (nSPS) is 16.9. The first-order valence-corrected chi connectivity index (χ1v) is 14.0. The summed E-state index contributed by atoms with van der Waals surface area (Å²) >= 11 is 1.34. The van der Waals surface area contributed by atoms with Gasteiger partial charge in [0.1, 0.15) is 17.1 Å². The summed E-state index contributed by atoms with van der Waals surface area (Å²) in [6.07, 6.45) is 2.69. The van der Waals surface area contributed by atoms with E-state index >= 15 is 0 Å². The minimum absolute atomic E-state index is 0.0303. The van der Waals surface area contributed by atoms with Crippen molar-refractivity contribution in [2.75, 3.05) is 11.5 Å². The molecular weight excluding hydrogens is 524 g/mol. The lowest BCUT2D eigenvalue weighted by molar-refractivity contribution is -0.132. The van der Waals surface area contributed by atoms with E-state index in [9.17, 15) is 14.7 Å². The topological polar surface area (TPSA) is 97.0 Å². The molecule has 0 spiro atoms. The number of anilines is 1. The standard InChI is InChI=1S/C31H28N4O4S/c1-5-14-39-21-10-6-9-20(16-21)26-24(27(36)25-19(4)34-13-7-8-18(3)29(34)33-25)28(37)30(38)35(26)31-32-22-12-11-17(2)15-23(22)40-31/h6-13,15-16,26,36H,5,14H2,1-4H3. The van der Waals surface area contributed by atoms with E-state index in [1.54, 1.807) is 0 Å². The molecule has 1 fully saturated rings. The van der Waals surface area contributed by atoms with E-state index in [2.05, 4.69) is 4.98 Å². The van der Waals surface area contributed by atoms with E-state index in [-0.39, 0.29) is 17.0 Å². The number of aliphatic hydroxyl groups excluding tert-OH is 1. The van der Waals surface area contributed by atoms with Gasteiger partial charge in [0, 0.05) is 6.20 Å². The largest absolute Gasteiger partial charge is 0.505 e. The number of aryl methyl sites for hydroxylation is 3. The predicted molar refractivity (Wildman–Crippen MR) is 156 cm³/mol.